The smallest absolute Gasteiger partial charge is 0.257 e. The minimum absolute atomic E-state index is 0.230. The highest BCUT2D eigenvalue weighted by Gasteiger charge is 2.14. The first kappa shape index (κ1) is 18.4. The number of rotatable bonds is 5. The van der Waals surface area contributed by atoms with Gasteiger partial charge in [-0.3, -0.25) is 9.78 Å². The molecule has 3 aromatic rings. The first-order chi connectivity index (χ1) is 13.0. The van der Waals surface area contributed by atoms with Crippen molar-refractivity contribution in [2.45, 2.75) is 13.3 Å². The summed E-state index contributed by atoms with van der Waals surface area (Å²) in [4.78, 5) is 16.4. The average Bonchev–Trinajstić information content (AvgIpc) is 2.69. The predicted molar refractivity (Wildman–Crippen MR) is 97.6 cm³/mol. The molecule has 0 aliphatic carbocycles. The van der Waals surface area contributed by atoms with Crippen LogP contribution in [0.15, 0.2) is 54.9 Å². The third-order valence-electron chi connectivity index (χ3n) is 3.96. The molecule has 1 heterocycles. The molecule has 2 N–H and O–H groups in total. The van der Waals surface area contributed by atoms with Gasteiger partial charge in [-0.25, -0.2) is 13.2 Å². The van der Waals surface area contributed by atoms with Crippen molar-refractivity contribution in [3.63, 3.8) is 0 Å². The second-order valence-corrected chi connectivity index (χ2v) is 5.78. The molecular formula is C20H16F3N3O. The van der Waals surface area contributed by atoms with Crippen LogP contribution in [0.2, 0.25) is 0 Å². The van der Waals surface area contributed by atoms with Crippen LogP contribution in [0, 0.1) is 17.5 Å². The molecule has 0 radical (unpaired) electrons. The summed E-state index contributed by atoms with van der Waals surface area (Å²) in [5.41, 5.74) is 1.90. The van der Waals surface area contributed by atoms with Gasteiger partial charge in [-0.1, -0.05) is 25.1 Å². The quantitative estimate of drug-likeness (QED) is 0.617. The van der Waals surface area contributed by atoms with Gasteiger partial charge in [-0.05, 0) is 36.2 Å². The zero-order chi connectivity index (χ0) is 19.4. The normalized spacial score (nSPS) is 10.5. The van der Waals surface area contributed by atoms with E-state index in [2.05, 4.69) is 15.6 Å². The van der Waals surface area contributed by atoms with Crippen LogP contribution in [0.25, 0.3) is 0 Å². The average molecular weight is 371 g/mol. The van der Waals surface area contributed by atoms with Crippen molar-refractivity contribution in [2.75, 3.05) is 10.6 Å². The number of hydrogen-bond donors (Lipinski definition) is 2. The van der Waals surface area contributed by atoms with E-state index in [1.807, 2.05) is 25.1 Å². The van der Waals surface area contributed by atoms with Crippen molar-refractivity contribution in [1.82, 2.24) is 4.98 Å². The number of para-hydroxylation sites is 1. The van der Waals surface area contributed by atoms with Crippen molar-refractivity contribution in [1.29, 1.82) is 0 Å². The Bertz CT molecular complexity index is 992. The van der Waals surface area contributed by atoms with E-state index >= 15 is 0 Å². The molecule has 0 unspecified atom stereocenters. The maximum atomic E-state index is 13.8. The van der Waals surface area contributed by atoms with E-state index in [-0.39, 0.29) is 16.9 Å². The van der Waals surface area contributed by atoms with Crippen molar-refractivity contribution in [3.05, 3.63) is 83.4 Å². The zero-order valence-electron chi connectivity index (χ0n) is 14.4. The maximum Gasteiger partial charge on any atom is 0.257 e. The Labute approximate surface area is 154 Å². The summed E-state index contributed by atoms with van der Waals surface area (Å²) in [6.07, 6.45) is 3.46. The van der Waals surface area contributed by atoms with E-state index in [9.17, 15) is 18.0 Å². The van der Waals surface area contributed by atoms with Crippen molar-refractivity contribution < 1.29 is 18.0 Å². The number of carbonyl (C=O) groups excluding carboxylic acids is 1. The van der Waals surface area contributed by atoms with Gasteiger partial charge in [0.15, 0.2) is 17.5 Å². The van der Waals surface area contributed by atoms with Gasteiger partial charge < -0.3 is 10.6 Å². The molecule has 0 aliphatic heterocycles. The highest BCUT2D eigenvalue weighted by Crippen LogP contribution is 2.24. The Hall–Kier alpha value is -3.35. The second kappa shape index (κ2) is 7.90. The van der Waals surface area contributed by atoms with E-state index in [1.54, 1.807) is 6.07 Å². The monoisotopic (exact) mass is 371 g/mol. The lowest BCUT2D eigenvalue weighted by Gasteiger charge is -2.11. The van der Waals surface area contributed by atoms with Crippen LogP contribution in [-0.4, -0.2) is 10.9 Å². The molecule has 3 rings (SSSR count). The maximum absolute atomic E-state index is 13.8. The molecule has 0 saturated carbocycles. The minimum atomic E-state index is -1.57. The first-order valence-electron chi connectivity index (χ1n) is 8.24. The Morgan fingerprint density at radius 3 is 2.56 bits per heavy atom. The van der Waals surface area contributed by atoms with E-state index < -0.39 is 23.4 Å². The Kier molecular flexibility index (Phi) is 5.40. The molecule has 0 fully saturated rings. The number of aryl methyl sites for hydroxylation is 1. The number of nitrogens with zero attached hydrogens (tertiary/aromatic N) is 1. The topological polar surface area (TPSA) is 54.0 Å². The van der Waals surface area contributed by atoms with Crippen molar-refractivity contribution in [2.24, 2.45) is 0 Å². The predicted octanol–water partition coefficient (Wildman–Crippen LogP) is 5.06. The van der Waals surface area contributed by atoms with Crippen molar-refractivity contribution in [3.8, 4) is 0 Å². The largest absolute Gasteiger partial charge is 0.352 e. The summed E-state index contributed by atoms with van der Waals surface area (Å²) in [6, 6.07) is 10.7. The van der Waals surface area contributed by atoms with Gasteiger partial charge in [0.05, 0.1) is 23.1 Å². The molecule has 0 bridgehead atoms. The fraction of sp³-hybridized carbons (Fsp3) is 0.100. The number of aromatic nitrogens is 1. The number of pyridine rings is 1. The number of amides is 1. The minimum Gasteiger partial charge on any atom is -0.352 e. The fourth-order valence-electron chi connectivity index (χ4n) is 2.56. The molecule has 1 amide bonds. The second-order valence-electron chi connectivity index (χ2n) is 5.78. The summed E-state index contributed by atoms with van der Waals surface area (Å²) in [6.45, 7) is 1.98. The van der Waals surface area contributed by atoms with Crippen LogP contribution in [-0.2, 0) is 6.42 Å². The number of carbonyl (C=O) groups is 1. The van der Waals surface area contributed by atoms with Crippen LogP contribution in [0.3, 0.4) is 0 Å². The molecule has 138 valence electrons. The van der Waals surface area contributed by atoms with Crippen molar-refractivity contribution >= 4 is 23.0 Å². The molecular weight excluding hydrogens is 355 g/mol. The molecule has 0 saturated heterocycles. The summed E-state index contributed by atoms with van der Waals surface area (Å²) >= 11 is 0. The van der Waals surface area contributed by atoms with Crippen LogP contribution in [0.5, 0.6) is 0 Å². The summed E-state index contributed by atoms with van der Waals surface area (Å²) in [7, 11) is 0. The summed E-state index contributed by atoms with van der Waals surface area (Å²) < 4.78 is 40.2. The lowest BCUT2D eigenvalue weighted by Crippen LogP contribution is -2.13. The van der Waals surface area contributed by atoms with Gasteiger partial charge in [-0.15, -0.1) is 0 Å². The first-order valence-corrected chi connectivity index (χ1v) is 8.24. The Balaban J connectivity index is 1.81. The van der Waals surface area contributed by atoms with E-state index in [0.717, 1.165) is 24.1 Å². The SMILES string of the molecule is CCc1ccccc1NC(=O)c1cncc(Nc2ccc(F)c(F)c2F)c1. The lowest BCUT2D eigenvalue weighted by atomic mass is 10.1. The van der Waals surface area contributed by atoms with E-state index in [0.29, 0.717) is 5.69 Å². The Morgan fingerprint density at radius 2 is 1.78 bits per heavy atom. The molecule has 0 atom stereocenters. The standard InChI is InChI=1S/C20H16F3N3O/c1-2-12-5-3-4-6-16(12)26-20(27)13-9-14(11-24-10-13)25-17-8-7-15(21)18(22)19(17)23/h3-11,25H,2H2,1H3,(H,26,27). The summed E-state index contributed by atoms with van der Waals surface area (Å²) in [5, 5.41) is 5.40. The van der Waals surface area contributed by atoms with Crippen LogP contribution < -0.4 is 10.6 Å². The van der Waals surface area contributed by atoms with Gasteiger partial charge in [0.1, 0.15) is 0 Å². The number of benzene rings is 2. The molecule has 1 aromatic heterocycles. The highest BCUT2D eigenvalue weighted by molar-refractivity contribution is 6.05. The number of anilines is 3. The van der Waals surface area contributed by atoms with Crippen LogP contribution >= 0.6 is 0 Å². The molecule has 0 spiro atoms. The fourth-order valence-corrected chi connectivity index (χ4v) is 2.56. The Morgan fingerprint density at radius 1 is 1.00 bits per heavy atom. The lowest BCUT2D eigenvalue weighted by molar-refractivity contribution is 0.102. The van der Waals surface area contributed by atoms with Gasteiger partial charge in [0, 0.05) is 11.9 Å². The van der Waals surface area contributed by atoms with Gasteiger partial charge in [0.25, 0.3) is 5.91 Å². The highest BCUT2D eigenvalue weighted by atomic mass is 19.2. The summed E-state index contributed by atoms with van der Waals surface area (Å²) in [5.74, 6) is -4.59. The van der Waals surface area contributed by atoms with Gasteiger partial charge in [0.2, 0.25) is 0 Å². The van der Waals surface area contributed by atoms with Gasteiger partial charge >= 0.3 is 0 Å². The molecule has 2 aromatic carbocycles. The zero-order valence-corrected chi connectivity index (χ0v) is 14.4. The van der Waals surface area contributed by atoms with E-state index in [4.69, 9.17) is 0 Å². The molecule has 4 nitrogen and oxygen atoms in total. The molecule has 27 heavy (non-hydrogen) atoms. The molecule has 0 aliphatic rings. The number of halogens is 3. The van der Waals surface area contributed by atoms with Gasteiger partial charge in [-0.2, -0.15) is 0 Å². The van der Waals surface area contributed by atoms with Crippen LogP contribution in [0.1, 0.15) is 22.8 Å². The number of hydrogen-bond acceptors (Lipinski definition) is 3. The van der Waals surface area contributed by atoms with E-state index in [1.165, 1.54) is 18.5 Å². The number of nitrogens with one attached hydrogen (secondary N) is 2. The molecule has 7 heteroatoms. The third-order valence-corrected chi connectivity index (χ3v) is 3.96. The third kappa shape index (κ3) is 4.08. The van der Waals surface area contributed by atoms with Crippen LogP contribution in [0.4, 0.5) is 30.2 Å².